The van der Waals surface area contributed by atoms with E-state index >= 15 is 0 Å². The number of unbranched alkanes of at least 4 members (excludes halogenated alkanes) is 2. The van der Waals surface area contributed by atoms with Gasteiger partial charge in [0, 0.05) is 13.1 Å². The van der Waals surface area contributed by atoms with Gasteiger partial charge in [-0.3, -0.25) is 0 Å². The molecule has 0 spiro atoms. The Kier molecular flexibility index (Phi) is 13.7. The van der Waals surface area contributed by atoms with Crippen molar-refractivity contribution in [2.24, 2.45) is 15.0 Å². The molecule has 0 bridgehead atoms. The van der Waals surface area contributed by atoms with Crippen LogP contribution in [0, 0.1) is 11.5 Å². The molecule has 2 unspecified atom stereocenters. The molecule has 36 heavy (non-hydrogen) atoms. The normalized spacial score (nSPS) is 13.5. The van der Waals surface area contributed by atoms with Gasteiger partial charge in [0.1, 0.15) is 0 Å². The number of rotatable bonds is 18. The Bertz CT molecular complexity index is 975. The van der Waals surface area contributed by atoms with Gasteiger partial charge in [-0.05, 0) is 38.5 Å². The van der Waals surface area contributed by atoms with Gasteiger partial charge in [-0.15, -0.1) is 0 Å². The summed E-state index contributed by atoms with van der Waals surface area (Å²) < 4.78 is 13.5. The summed E-state index contributed by atoms with van der Waals surface area (Å²) in [5.74, 6) is -1.75. The van der Waals surface area contributed by atoms with E-state index in [2.05, 4.69) is 29.2 Å². The number of hydrogen-bond donors (Lipinski definition) is 0. The Morgan fingerprint density at radius 3 is 1.75 bits per heavy atom. The summed E-state index contributed by atoms with van der Waals surface area (Å²) >= 11 is 0. The van der Waals surface area contributed by atoms with Crippen molar-refractivity contribution in [3.63, 3.8) is 0 Å². The molecule has 192 valence electrons. The van der Waals surface area contributed by atoms with Crippen LogP contribution in [0.4, 0.5) is 9.59 Å². The molecule has 0 aliphatic carbocycles. The maximum Gasteiger partial charge on any atom is 0.336 e. The highest BCUT2D eigenvalue weighted by molar-refractivity contribution is 6.11. The second kappa shape index (κ2) is 16.9. The zero-order chi connectivity index (χ0) is 26.8. The van der Waals surface area contributed by atoms with Crippen LogP contribution in [-0.4, -0.2) is 90.7 Å². The third-order valence-corrected chi connectivity index (χ3v) is 4.76. The lowest BCUT2D eigenvalue weighted by Crippen LogP contribution is -2.64. The maximum atomic E-state index is 12.2. The first kappa shape index (κ1) is 29.3. The number of ether oxygens (including phenoxy) is 3. The number of amides is 4. The van der Waals surface area contributed by atoms with Crippen LogP contribution in [0.3, 0.4) is 0 Å². The SMILES string of the molecule is N#COCOC(=O)C(CCCCN1C(=O)N(CCCCC(N=C=O)C(=O)OCN=C=O)C1=O)N=C=O. The smallest absolute Gasteiger partial charge is 0.336 e. The van der Waals surface area contributed by atoms with E-state index in [-0.39, 0.29) is 25.9 Å². The van der Waals surface area contributed by atoms with Gasteiger partial charge in [0.2, 0.25) is 25.0 Å². The average molecular weight is 506 g/mol. The number of nitriles is 1. The first-order valence-electron chi connectivity index (χ1n) is 10.6. The van der Waals surface area contributed by atoms with Crippen LogP contribution in [0.25, 0.3) is 0 Å². The zero-order valence-corrected chi connectivity index (χ0v) is 19.0. The van der Waals surface area contributed by atoms with E-state index < -0.39 is 49.6 Å². The molecule has 0 saturated carbocycles. The van der Waals surface area contributed by atoms with Crippen LogP contribution >= 0.6 is 0 Å². The molecule has 0 aromatic carbocycles. The van der Waals surface area contributed by atoms with Gasteiger partial charge in [0.25, 0.3) is 6.26 Å². The second-order valence-corrected chi connectivity index (χ2v) is 6.99. The van der Waals surface area contributed by atoms with Crippen molar-refractivity contribution < 1.29 is 47.8 Å². The largest absolute Gasteiger partial charge is 0.440 e. The number of nitrogens with zero attached hydrogens (tertiary/aromatic N) is 6. The molecule has 0 aromatic rings. The van der Waals surface area contributed by atoms with E-state index in [1.54, 1.807) is 0 Å². The molecule has 0 radical (unpaired) electrons. The van der Waals surface area contributed by atoms with Crippen LogP contribution in [0.5, 0.6) is 0 Å². The quantitative estimate of drug-likeness (QED) is 0.0620. The van der Waals surface area contributed by atoms with Crippen molar-refractivity contribution in [2.45, 2.75) is 50.6 Å². The lowest BCUT2D eigenvalue weighted by molar-refractivity contribution is -0.153. The highest BCUT2D eigenvalue weighted by atomic mass is 16.7. The predicted molar refractivity (Wildman–Crippen MR) is 112 cm³/mol. The molecule has 16 heteroatoms. The van der Waals surface area contributed by atoms with E-state index in [0.29, 0.717) is 25.7 Å². The van der Waals surface area contributed by atoms with Crippen molar-refractivity contribution in [3.05, 3.63) is 0 Å². The summed E-state index contributed by atoms with van der Waals surface area (Å²) in [4.78, 5) is 90.7. The number of aliphatic imine (C=N–C) groups is 3. The van der Waals surface area contributed by atoms with Crippen LogP contribution in [0.1, 0.15) is 38.5 Å². The summed E-state index contributed by atoms with van der Waals surface area (Å²) in [6.45, 7) is -0.989. The molecule has 16 nitrogen and oxygen atoms in total. The second-order valence-electron chi connectivity index (χ2n) is 6.99. The van der Waals surface area contributed by atoms with Gasteiger partial charge < -0.3 is 14.2 Å². The first-order valence-corrected chi connectivity index (χ1v) is 10.6. The fraction of sp³-hybridized carbons (Fsp3) is 0.600. The van der Waals surface area contributed by atoms with Crippen molar-refractivity contribution in [1.29, 1.82) is 5.26 Å². The van der Waals surface area contributed by atoms with Gasteiger partial charge in [-0.25, -0.2) is 43.4 Å². The van der Waals surface area contributed by atoms with E-state index in [0.717, 1.165) is 9.80 Å². The summed E-state index contributed by atoms with van der Waals surface area (Å²) in [5.41, 5.74) is 0. The first-order chi connectivity index (χ1) is 17.4. The molecule has 1 heterocycles. The monoisotopic (exact) mass is 506 g/mol. The minimum absolute atomic E-state index is 0.0862. The number of esters is 2. The van der Waals surface area contributed by atoms with Crippen molar-refractivity contribution >= 4 is 42.2 Å². The van der Waals surface area contributed by atoms with Crippen LogP contribution in [-0.2, 0) is 38.2 Å². The minimum atomic E-state index is -1.15. The highest BCUT2D eigenvalue weighted by Gasteiger charge is 2.42. The molecular weight excluding hydrogens is 484 g/mol. The van der Waals surface area contributed by atoms with Gasteiger partial charge >= 0.3 is 24.0 Å². The molecular formula is C20H22N6O10. The summed E-state index contributed by atoms with van der Waals surface area (Å²) in [6.07, 6.45) is 6.53. The molecule has 2 atom stereocenters. The van der Waals surface area contributed by atoms with Gasteiger partial charge in [0.05, 0.1) is 0 Å². The third-order valence-electron chi connectivity index (χ3n) is 4.76. The molecule has 0 N–H and O–H groups in total. The van der Waals surface area contributed by atoms with E-state index in [9.17, 15) is 33.6 Å². The Balaban J connectivity index is 2.36. The Labute approximate surface area is 204 Å². The summed E-state index contributed by atoms with van der Waals surface area (Å²) in [6, 6.07) is -3.31. The molecule has 1 aliphatic rings. The molecule has 0 aromatic heterocycles. The number of carbonyl (C=O) groups is 4. The summed E-state index contributed by atoms with van der Waals surface area (Å²) in [5, 5.41) is 8.23. The molecule has 4 amide bonds. The fourth-order valence-corrected chi connectivity index (χ4v) is 3.03. The van der Waals surface area contributed by atoms with Crippen LogP contribution in [0.2, 0.25) is 0 Å². The van der Waals surface area contributed by atoms with Crippen molar-refractivity contribution in [3.8, 4) is 6.26 Å². The third kappa shape index (κ3) is 9.66. The molecule has 1 rings (SSSR count). The molecule has 1 aliphatic heterocycles. The number of hydrogen-bond acceptors (Lipinski definition) is 14. The number of isocyanates is 3. The van der Waals surface area contributed by atoms with E-state index in [1.807, 2.05) is 0 Å². The lowest BCUT2D eigenvalue weighted by atomic mass is 10.1. The Morgan fingerprint density at radius 1 is 0.806 bits per heavy atom. The van der Waals surface area contributed by atoms with Gasteiger partial charge in [0.15, 0.2) is 18.8 Å². The number of carbonyl (C=O) groups excluding carboxylic acids is 7. The number of imide groups is 2. The van der Waals surface area contributed by atoms with Crippen LogP contribution in [0.15, 0.2) is 15.0 Å². The highest BCUT2D eigenvalue weighted by Crippen LogP contribution is 2.19. The van der Waals surface area contributed by atoms with Gasteiger partial charge in [-0.1, -0.05) is 0 Å². The topological polar surface area (TPSA) is 215 Å². The van der Waals surface area contributed by atoms with Crippen molar-refractivity contribution in [2.75, 3.05) is 26.6 Å². The maximum absolute atomic E-state index is 12.2. The Morgan fingerprint density at radius 2 is 1.31 bits per heavy atom. The molecule has 1 fully saturated rings. The Hall–Kier alpha value is -4.69. The zero-order valence-electron chi connectivity index (χ0n) is 19.0. The fourth-order valence-electron chi connectivity index (χ4n) is 3.03. The van der Waals surface area contributed by atoms with E-state index in [4.69, 9.17) is 5.26 Å². The van der Waals surface area contributed by atoms with Crippen molar-refractivity contribution in [1.82, 2.24) is 9.80 Å². The van der Waals surface area contributed by atoms with Gasteiger partial charge in [-0.2, -0.15) is 20.2 Å². The minimum Gasteiger partial charge on any atom is -0.440 e. The standard InChI is InChI=1S/C20H22N6O10/c21-9-34-14-36-18(31)16(24-12-29)6-2-4-8-26-19(32)25(20(26)33)7-3-1-5-15(23-11-28)17(30)35-13-22-10-27/h15-16H,1-8,13-14H2. The van der Waals surface area contributed by atoms with Crippen LogP contribution < -0.4 is 0 Å². The van der Waals surface area contributed by atoms with E-state index in [1.165, 1.54) is 24.5 Å². The predicted octanol–water partition coefficient (Wildman–Crippen LogP) is 0.428. The summed E-state index contributed by atoms with van der Waals surface area (Å²) in [7, 11) is 0. The average Bonchev–Trinajstić information content (AvgIpc) is 2.87. The molecule has 1 saturated heterocycles. The lowest BCUT2D eigenvalue weighted by Gasteiger charge is -2.39. The number of urea groups is 2.